The molecule has 1 aromatic carbocycles. The fourth-order valence-corrected chi connectivity index (χ4v) is 5.26. The molecule has 3 N–H and O–H groups in total. The van der Waals surface area contributed by atoms with E-state index >= 15 is 0 Å². The number of likely N-dealkylation sites (tertiary alicyclic amines) is 1. The van der Waals surface area contributed by atoms with Crippen molar-refractivity contribution in [1.29, 1.82) is 0 Å². The zero-order valence-corrected chi connectivity index (χ0v) is 19.5. The second-order valence-electron chi connectivity index (χ2n) is 9.65. The summed E-state index contributed by atoms with van der Waals surface area (Å²) in [5.41, 5.74) is 0.691. The fourth-order valence-electron chi connectivity index (χ4n) is 5.26. The number of carbonyl (C=O) groups is 2. The lowest BCUT2D eigenvalue weighted by atomic mass is 9.79. The molecule has 1 heterocycles. The zero-order valence-electron chi connectivity index (χ0n) is 19.5. The topological polar surface area (TPSA) is 71.9 Å². The molecule has 1 aliphatic heterocycles. The first kappa shape index (κ1) is 23.6. The van der Waals surface area contributed by atoms with Crippen LogP contribution < -0.4 is 20.3 Å². The van der Waals surface area contributed by atoms with Crippen molar-refractivity contribution in [1.82, 2.24) is 10.6 Å². The predicted octanol–water partition coefficient (Wildman–Crippen LogP) is 2.34. The Morgan fingerprint density at radius 2 is 1.61 bits per heavy atom. The third-order valence-corrected chi connectivity index (χ3v) is 7.21. The van der Waals surface area contributed by atoms with Crippen LogP contribution in [-0.2, 0) is 4.79 Å². The maximum Gasteiger partial charge on any atom is 0.251 e. The van der Waals surface area contributed by atoms with Crippen LogP contribution in [0.1, 0.15) is 75.6 Å². The van der Waals surface area contributed by atoms with Crippen LogP contribution in [-0.4, -0.2) is 50.1 Å². The summed E-state index contributed by atoms with van der Waals surface area (Å²) in [6.07, 6.45) is 10.1. The monoisotopic (exact) mass is 430 g/mol. The highest BCUT2D eigenvalue weighted by Crippen LogP contribution is 2.26. The Morgan fingerprint density at radius 1 is 1.00 bits per heavy atom. The molecule has 0 bridgehead atoms. The molecular formula is C25H40N3O3+. The minimum absolute atomic E-state index is 0.00633. The van der Waals surface area contributed by atoms with Gasteiger partial charge in [-0.1, -0.05) is 20.3 Å². The van der Waals surface area contributed by atoms with E-state index < -0.39 is 6.04 Å². The number of methoxy groups -OCH3 is 1. The Morgan fingerprint density at radius 3 is 2.19 bits per heavy atom. The van der Waals surface area contributed by atoms with Crippen molar-refractivity contribution in [2.24, 2.45) is 5.92 Å². The predicted molar refractivity (Wildman–Crippen MR) is 122 cm³/mol. The third kappa shape index (κ3) is 6.00. The minimum Gasteiger partial charge on any atom is -0.497 e. The summed E-state index contributed by atoms with van der Waals surface area (Å²) < 4.78 is 5.16. The number of quaternary nitrogens is 1. The van der Waals surface area contributed by atoms with Crippen molar-refractivity contribution >= 4 is 11.8 Å². The molecule has 31 heavy (non-hydrogen) atoms. The van der Waals surface area contributed by atoms with E-state index in [0.29, 0.717) is 17.9 Å². The maximum absolute atomic E-state index is 13.2. The van der Waals surface area contributed by atoms with Gasteiger partial charge in [0, 0.05) is 18.4 Å². The molecular weight excluding hydrogens is 390 g/mol. The van der Waals surface area contributed by atoms with Crippen molar-refractivity contribution in [2.75, 3.05) is 26.7 Å². The van der Waals surface area contributed by atoms with E-state index in [1.165, 1.54) is 64.5 Å². The lowest BCUT2D eigenvalue weighted by molar-refractivity contribution is -0.957. The smallest absolute Gasteiger partial charge is 0.251 e. The Labute approximate surface area is 187 Å². The van der Waals surface area contributed by atoms with Crippen molar-refractivity contribution in [3.8, 4) is 5.75 Å². The maximum atomic E-state index is 13.2. The van der Waals surface area contributed by atoms with Gasteiger partial charge in [0.05, 0.1) is 26.7 Å². The van der Waals surface area contributed by atoms with Crippen molar-refractivity contribution in [2.45, 2.75) is 76.8 Å². The van der Waals surface area contributed by atoms with Gasteiger partial charge in [-0.3, -0.25) is 9.59 Å². The van der Waals surface area contributed by atoms with E-state index in [1.54, 1.807) is 36.3 Å². The van der Waals surface area contributed by atoms with E-state index in [1.807, 2.05) is 13.8 Å². The summed E-state index contributed by atoms with van der Waals surface area (Å²) in [5.74, 6) is 0.406. The first-order chi connectivity index (χ1) is 14.9. The van der Waals surface area contributed by atoms with Crippen molar-refractivity contribution < 1.29 is 19.2 Å². The quantitative estimate of drug-likeness (QED) is 0.593. The van der Waals surface area contributed by atoms with E-state index in [-0.39, 0.29) is 23.3 Å². The molecule has 2 aliphatic rings. The van der Waals surface area contributed by atoms with Gasteiger partial charge in [-0.2, -0.15) is 0 Å². The number of ether oxygens (including phenoxy) is 1. The summed E-state index contributed by atoms with van der Waals surface area (Å²) in [5, 5.41) is 6.20. The lowest BCUT2D eigenvalue weighted by Gasteiger charge is -2.45. The second kappa shape index (κ2) is 11.0. The Kier molecular flexibility index (Phi) is 8.35. The van der Waals surface area contributed by atoms with Crippen LogP contribution in [0.25, 0.3) is 0 Å². The molecule has 3 rings (SSSR count). The van der Waals surface area contributed by atoms with Gasteiger partial charge < -0.3 is 20.3 Å². The first-order valence-corrected chi connectivity index (χ1v) is 12.0. The second-order valence-corrected chi connectivity index (χ2v) is 9.65. The molecule has 2 amide bonds. The lowest BCUT2D eigenvalue weighted by Crippen LogP contribution is -3.22. The van der Waals surface area contributed by atoms with Gasteiger partial charge >= 0.3 is 0 Å². The molecule has 172 valence electrons. The number of hydrogen-bond acceptors (Lipinski definition) is 3. The highest BCUT2D eigenvalue weighted by molar-refractivity contribution is 5.97. The van der Waals surface area contributed by atoms with Gasteiger partial charge in [-0.25, -0.2) is 0 Å². The van der Waals surface area contributed by atoms with Gasteiger partial charge in [0.25, 0.3) is 5.91 Å². The minimum atomic E-state index is -0.549. The number of rotatable bonds is 8. The molecule has 6 heteroatoms. The summed E-state index contributed by atoms with van der Waals surface area (Å²) in [4.78, 5) is 27.6. The molecule has 1 aromatic rings. The van der Waals surface area contributed by atoms with Gasteiger partial charge in [-0.15, -0.1) is 0 Å². The highest BCUT2D eigenvalue weighted by Gasteiger charge is 2.42. The van der Waals surface area contributed by atoms with Gasteiger partial charge in [0.1, 0.15) is 17.3 Å². The number of carbonyl (C=O) groups excluding carboxylic acids is 2. The van der Waals surface area contributed by atoms with E-state index in [4.69, 9.17) is 4.74 Å². The van der Waals surface area contributed by atoms with Crippen LogP contribution in [0.4, 0.5) is 0 Å². The average molecular weight is 431 g/mol. The van der Waals surface area contributed by atoms with E-state index in [2.05, 4.69) is 10.6 Å². The molecule has 0 unspecified atom stereocenters. The fraction of sp³-hybridized carbons (Fsp3) is 0.680. The van der Waals surface area contributed by atoms with Crippen LogP contribution in [0.3, 0.4) is 0 Å². The molecule has 2 fully saturated rings. The molecule has 1 atom stereocenters. The standard InChI is InChI=1S/C25H39N3O3/c1-19(2)22(27-23(29)20-10-12-21(31-3)13-11-20)24(30)26-18-25(14-6-4-7-15-25)28-16-8-5-9-17-28/h10-13,19,22H,4-9,14-18H2,1-3H3,(H,26,30)(H,27,29)/p+1/t22-/m1/s1. The number of amides is 2. The van der Waals surface area contributed by atoms with Crippen LogP contribution in [0.2, 0.25) is 0 Å². The molecule has 1 saturated heterocycles. The molecule has 0 radical (unpaired) electrons. The van der Waals surface area contributed by atoms with Crippen LogP contribution in [0.5, 0.6) is 5.75 Å². The molecule has 6 nitrogen and oxygen atoms in total. The molecule has 1 aliphatic carbocycles. The number of benzene rings is 1. The zero-order chi connectivity index (χ0) is 22.3. The van der Waals surface area contributed by atoms with Gasteiger partial charge in [-0.05, 0) is 62.3 Å². The number of piperidine rings is 1. The summed E-state index contributed by atoms with van der Waals surface area (Å²) in [7, 11) is 1.60. The van der Waals surface area contributed by atoms with Crippen LogP contribution in [0, 0.1) is 5.92 Å². The molecule has 0 spiro atoms. The van der Waals surface area contributed by atoms with Crippen molar-refractivity contribution in [3.05, 3.63) is 29.8 Å². The number of nitrogens with one attached hydrogen (secondary N) is 3. The Hall–Kier alpha value is -2.08. The molecule has 1 saturated carbocycles. The van der Waals surface area contributed by atoms with E-state index in [0.717, 1.165) is 0 Å². The first-order valence-electron chi connectivity index (χ1n) is 12.0. The Balaban J connectivity index is 1.64. The summed E-state index contributed by atoms with van der Waals surface area (Å²) in [6, 6.07) is 6.41. The number of hydrogen-bond donors (Lipinski definition) is 3. The summed E-state index contributed by atoms with van der Waals surface area (Å²) >= 11 is 0. The SMILES string of the molecule is COc1ccc(C(=O)N[C@@H](C(=O)NCC2([NH+]3CCCCC3)CCCCC2)C(C)C)cc1. The van der Waals surface area contributed by atoms with Gasteiger partial charge in [0.15, 0.2) is 0 Å². The average Bonchev–Trinajstić information content (AvgIpc) is 2.82. The van der Waals surface area contributed by atoms with Crippen LogP contribution >= 0.6 is 0 Å². The van der Waals surface area contributed by atoms with E-state index in [9.17, 15) is 9.59 Å². The van der Waals surface area contributed by atoms with Crippen LogP contribution in [0.15, 0.2) is 24.3 Å². The third-order valence-electron chi connectivity index (χ3n) is 7.21. The Bertz CT molecular complexity index is 720. The van der Waals surface area contributed by atoms with Crippen molar-refractivity contribution in [3.63, 3.8) is 0 Å². The highest BCUT2D eigenvalue weighted by atomic mass is 16.5. The summed E-state index contributed by atoms with van der Waals surface area (Å²) in [6.45, 7) is 7.10. The largest absolute Gasteiger partial charge is 0.497 e. The molecule has 0 aromatic heterocycles. The van der Waals surface area contributed by atoms with Gasteiger partial charge in [0.2, 0.25) is 5.91 Å². The normalized spacial score (nSPS) is 20.1.